The van der Waals surface area contributed by atoms with Crippen LogP contribution in [0, 0.1) is 11.3 Å². The second-order valence-electron chi connectivity index (χ2n) is 13.3. The fraction of sp³-hybridized carbons (Fsp3) is 0.871. The van der Waals surface area contributed by atoms with Crippen LogP contribution in [0.5, 0.6) is 0 Å². The Balaban J connectivity index is 1.89. The summed E-state index contributed by atoms with van der Waals surface area (Å²) < 4.78 is 21.4. The Kier molecular flexibility index (Phi) is 17.4. The number of hydrogen-bond acceptors (Lipinski definition) is 15. The van der Waals surface area contributed by atoms with Crippen LogP contribution in [0.4, 0.5) is 0 Å². The molecule has 0 radical (unpaired) electrons. The van der Waals surface area contributed by atoms with Crippen molar-refractivity contribution in [3.8, 4) is 0 Å². The molecule has 9 N–H and O–H groups in total. The standard InChI is InChI=1S/C31H54N2O15/c1-16-22(38)24(40)26(42)29(47-16)45-11-9-32-21(37)14-17(13-18(35)7-5-6-8-20(36)31(2,3)4)28(44)33-10-12-46-30-27(43)25(41)23(39)19(15-34)48-30/h16-17,19,22-27,29-30,34,38-43H,5-15H2,1-4H3,(H,32,37)(H,33,44)/t16-,17-,19+,22+,23+,24+,25-,26-,27-,29+,30-/m0/s1. The van der Waals surface area contributed by atoms with E-state index in [0.717, 1.165) is 0 Å². The van der Waals surface area contributed by atoms with Gasteiger partial charge in [0.05, 0.1) is 31.8 Å². The third kappa shape index (κ3) is 12.9. The fourth-order valence-electron chi connectivity index (χ4n) is 5.13. The van der Waals surface area contributed by atoms with Gasteiger partial charge in [-0.3, -0.25) is 19.2 Å². The molecule has 0 aromatic carbocycles. The van der Waals surface area contributed by atoms with Crippen LogP contribution in [-0.2, 0) is 38.1 Å². The summed E-state index contributed by atoms with van der Waals surface area (Å²) in [4.78, 5) is 50.8. The number of hydrogen-bond donors (Lipinski definition) is 9. The van der Waals surface area contributed by atoms with Crippen molar-refractivity contribution < 1.29 is 73.9 Å². The molecule has 17 nitrogen and oxygen atoms in total. The van der Waals surface area contributed by atoms with E-state index in [4.69, 9.17) is 18.9 Å². The minimum absolute atomic E-state index is 0.0600. The summed E-state index contributed by atoms with van der Waals surface area (Å²) in [6.07, 6.45) is -13.0. The lowest BCUT2D eigenvalue weighted by Gasteiger charge is -2.39. The second kappa shape index (κ2) is 19.9. The van der Waals surface area contributed by atoms with Crippen LogP contribution in [0.2, 0.25) is 0 Å². The molecule has 0 aliphatic carbocycles. The van der Waals surface area contributed by atoms with Crippen LogP contribution in [0.3, 0.4) is 0 Å². The molecule has 0 spiro atoms. The van der Waals surface area contributed by atoms with Crippen LogP contribution < -0.4 is 10.6 Å². The number of carbonyl (C=O) groups excluding carboxylic acids is 4. The second-order valence-corrected chi connectivity index (χ2v) is 13.3. The molecule has 11 atom stereocenters. The molecule has 17 heteroatoms. The number of amides is 2. The number of ether oxygens (including phenoxy) is 4. The number of Topliss-reactive ketones (excluding diaryl/α,β-unsaturated/α-hetero) is 2. The van der Waals surface area contributed by atoms with Gasteiger partial charge in [-0.1, -0.05) is 20.8 Å². The molecule has 2 rings (SSSR count). The van der Waals surface area contributed by atoms with E-state index in [0.29, 0.717) is 19.3 Å². The van der Waals surface area contributed by atoms with Gasteiger partial charge in [0.1, 0.15) is 54.3 Å². The highest BCUT2D eigenvalue weighted by molar-refractivity contribution is 5.90. The van der Waals surface area contributed by atoms with Crippen molar-refractivity contribution in [3.63, 3.8) is 0 Å². The average Bonchev–Trinajstić information content (AvgIpc) is 3.03. The van der Waals surface area contributed by atoms with E-state index in [-0.39, 0.29) is 57.1 Å². The Labute approximate surface area is 279 Å². The fourth-order valence-corrected chi connectivity index (χ4v) is 5.13. The smallest absolute Gasteiger partial charge is 0.224 e. The maximum Gasteiger partial charge on any atom is 0.224 e. The van der Waals surface area contributed by atoms with E-state index in [1.165, 1.54) is 6.92 Å². The first-order valence-electron chi connectivity index (χ1n) is 16.3. The molecule has 278 valence electrons. The highest BCUT2D eigenvalue weighted by Crippen LogP contribution is 2.23. The van der Waals surface area contributed by atoms with Crippen molar-refractivity contribution in [1.82, 2.24) is 10.6 Å². The van der Waals surface area contributed by atoms with Crippen molar-refractivity contribution in [2.75, 3.05) is 32.9 Å². The molecule has 0 saturated carbocycles. The summed E-state index contributed by atoms with van der Waals surface area (Å²) in [5.41, 5.74) is -0.483. The van der Waals surface area contributed by atoms with Crippen molar-refractivity contribution in [2.45, 2.75) is 128 Å². The first kappa shape index (κ1) is 42.0. The van der Waals surface area contributed by atoms with E-state index in [9.17, 15) is 54.9 Å². The monoisotopic (exact) mass is 694 g/mol. The largest absolute Gasteiger partial charge is 0.394 e. The normalized spacial score (nSPS) is 31.6. The number of unbranched alkanes of at least 4 members (excludes halogenated alkanes) is 1. The molecule has 2 aliphatic rings. The predicted octanol–water partition coefficient (Wildman–Crippen LogP) is -2.98. The molecule has 2 saturated heterocycles. The number of rotatable bonds is 19. The zero-order valence-corrected chi connectivity index (χ0v) is 28.0. The van der Waals surface area contributed by atoms with Crippen LogP contribution in [-0.4, -0.2) is 153 Å². The number of aliphatic hydroxyl groups is 7. The van der Waals surface area contributed by atoms with Gasteiger partial charge in [0.25, 0.3) is 0 Å². The Morgan fingerprint density at radius 1 is 0.729 bits per heavy atom. The van der Waals surface area contributed by atoms with Gasteiger partial charge in [0.15, 0.2) is 12.6 Å². The SMILES string of the molecule is C[C@@H]1O[C@@H](OCCNC(=O)C[C@H](CC(=O)CCCCC(=O)C(C)(C)C)C(=O)NCCO[C@H]2O[C@H](CO)[C@@H](O)[C@H](O)[C@@H]2O)[C@@H](O)[C@H](O)[C@@H]1O. The molecule has 0 unspecified atom stereocenters. The molecule has 2 amide bonds. The van der Waals surface area contributed by atoms with Crippen molar-refractivity contribution in [1.29, 1.82) is 0 Å². The lowest BCUT2D eigenvalue weighted by Crippen LogP contribution is -2.59. The number of nitrogens with one attached hydrogen (secondary N) is 2. The van der Waals surface area contributed by atoms with Crippen molar-refractivity contribution in [3.05, 3.63) is 0 Å². The zero-order valence-electron chi connectivity index (χ0n) is 28.0. The lowest BCUT2D eigenvalue weighted by molar-refractivity contribution is -0.300. The Morgan fingerprint density at radius 2 is 1.27 bits per heavy atom. The van der Waals surface area contributed by atoms with E-state index in [1.807, 2.05) is 20.8 Å². The van der Waals surface area contributed by atoms with Crippen LogP contribution in [0.15, 0.2) is 0 Å². The topological polar surface area (TPSA) is 271 Å². The van der Waals surface area contributed by atoms with E-state index in [1.54, 1.807) is 0 Å². The Morgan fingerprint density at radius 3 is 1.85 bits per heavy atom. The Hall–Kier alpha value is -2.16. The molecule has 0 bridgehead atoms. The number of ketones is 2. The third-order valence-corrected chi connectivity index (χ3v) is 8.27. The summed E-state index contributed by atoms with van der Waals surface area (Å²) in [5.74, 6) is -2.47. The molecule has 48 heavy (non-hydrogen) atoms. The van der Waals surface area contributed by atoms with E-state index in [2.05, 4.69) is 10.6 Å². The highest BCUT2D eigenvalue weighted by atomic mass is 16.7. The van der Waals surface area contributed by atoms with Gasteiger partial charge in [0.2, 0.25) is 11.8 Å². The minimum Gasteiger partial charge on any atom is -0.394 e. The Bertz CT molecular complexity index is 1040. The van der Waals surface area contributed by atoms with Gasteiger partial charge in [-0.15, -0.1) is 0 Å². The lowest BCUT2D eigenvalue weighted by atomic mass is 9.87. The van der Waals surface area contributed by atoms with E-state index < -0.39 is 91.2 Å². The zero-order chi connectivity index (χ0) is 36.2. The number of aliphatic hydroxyl groups excluding tert-OH is 7. The van der Waals surface area contributed by atoms with Crippen LogP contribution in [0.1, 0.15) is 66.2 Å². The third-order valence-electron chi connectivity index (χ3n) is 8.27. The summed E-state index contributed by atoms with van der Waals surface area (Å²) in [6, 6.07) is 0. The van der Waals surface area contributed by atoms with Crippen LogP contribution >= 0.6 is 0 Å². The molecule has 0 aromatic heterocycles. The molecular weight excluding hydrogens is 640 g/mol. The molecule has 2 fully saturated rings. The van der Waals surface area contributed by atoms with Gasteiger partial charge in [-0.05, 0) is 19.8 Å². The molecule has 0 aromatic rings. The summed E-state index contributed by atoms with van der Waals surface area (Å²) in [6.45, 7) is 5.76. The predicted molar refractivity (Wildman–Crippen MR) is 165 cm³/mol. The first-order chi connectivity index (χ1) is 22.5. The summed E-state index contributed by atoms with van der Waals surface area (Å²) in [7, 11) is 0. The summed E-state index contributed by atoms with van der Waals surface area (Å²) in [5, 5.41) is 74.1. The maximum atomic E-state index is 13.1. The first-order valence-corrected chi connectivity index (χ1v) is 16.3. The van der Waals surface area contributed by atoms with Gasteiger partial charge >= 0.3 is 0 Å². The van der Waals surface area contributed by atoms with Gasteiger partial charge in [0, 0.05) is 44.2 Å². The van der Waals surface area contributed by atoms with Gasteiger partial charge < -0.3 is 65.3 Å². The van der Waals surface area contributed by atoms with Crippen LogP contribution in [0.25, 0.3) is 0 Å². The van der Waals surface area contributed by atoms with Crippen molar-refractivity contribution in [2.24, 2.45) is 11.3 Å². The maximum absolute atomic E-state index is 13.1. The average molecular weight is 695 g/mol. The quantitative estimate of drug-likeness (QED) is 0.0611. The molecule has 2 aliphatic heterocycles. The number of carbonyl (C=O) groups is 4. The van der Waals surface area contributed by atoms with E-state index >= 15 is 0 Å². The van der Waals surface area contributed by atoms with Gasteiger partial charge in [-0.25, -0.2) is 0 Å². The minimum atomic E-state index is -1.63. The van der Waals surface area contributed by atoms with Gasteiger partial charge in [-0.2, -0.15) is 0 Å². The molecule has 2 heterocycles. The molecular formula is C31H54N2O15. The summed E-state index contributed by atoms with van der Waals surface area (Å²) >= 11 is 0. The van der Waals surface area contributed by atoms with Crippen molar-refractivity contribution >= 4 is 23.4 Å². The highest BCUT2D eigenvalue weighted by Gasteiger charge is 2.44.